The van der Waals surface area contributed by atoms with Crippen molar-refractivity contribution in [1.82, 2.24) is 0 Å². The third kappa shape index (κ3) is 3.21. The van der Waals surface area contributed by atoms with Gasteiger partial charge in [0.1, 0.15) is 11.7 Å². The fourth-order valence-corrected chi connectivity index (χ4v) is 3.13. The van der Waals surface area contributed by atoms with Crippen LogP contribution in [0.25, 0.3) is 0 Å². The van der Waals surface area contributed by atoms with Crippen LogP contribution in [0.1, 0.15) is 29.9 Å². The minimum Gasteiger partial charge on any atom is -0.468 e. The molecule has 2 aromatic carbocycles. The molecule has 1 heterocycles. The van der Waals surface area contributed by atoms with E-state index in [2.05, 4.69) is 4.90 Å². The van der Waals surface area contributed by atoms with Crippen LogP contribution in [0.4, 0.5) is 10.1 Å². The van der Waals surface area contributed by atoms with Gasteiger partial charge < -0.3 is 9.64 Å². The monoisotopic (exact) mass is 313 g/mol. The van der Waals surface area contributed by atoms with Crippen LogP contribution in [0.5, 0.6) is 0 Å². The summed E-state index contributed by atoms with van der Waals surface area (Å²) in [5.41, 5.74) is 1.96. The van der Waals surface area contributed by atoms with Gasteiger partial charge in [-0.15, -0.1) is 0 Å². The summed E-state index contributed by atoms with van der Waals surface area (Å²) in [6.45, 7) is 1.91. The predicted octanol–water partition coefficient (Wildman–Crippen LogP) is 3.73. The van der Waals surface area contributed by atoms with Crippen molar-refractivity contribution >= 4 is 11.7 Å². The van der Waals surface area contributed by atoms with Gasteiger partial charge in [0.15, 0.2) is 0 Å². The number of esters is 1. The highest BCUT2D eigenvalue weighted by atomic mass is 19.1. The highest BCUT2D eigenvalue weighted by molar-refractivity contribution is 5.82. The van der Waals surface area contributed by atoms with Crippen molar-refractivity contribution in [3.8, 4) is 0 Å². The predicted molar refractivity (Wildman–Crippen MR) is 88.1 cm³/mol. The van der Waals surface area contributed by atoms with E-state index in [1.165, 1.54) is 13.2 Å². The molecule has 3 nitrogen and oxygen atoms in total. The number of halogens is 1. The van der Waals surface area contributed by atoms with Gasteiger partial charge in [0.25, 0.3) is 0 Å². The van der Waals surface area contributed by atoms with Crippen molar-refractivity contribution in [3.05, 3.63) is 65.5 Å². The molecule has 0 radical (unpaired) electrons. The molecular formula is C19H20FNO2. The van der Waals surface area contributed by atoms with E-state index in [4.69, 9.17) is 4.74 Å². The van der Waals surface area contributed by atoms with Crippen LogP contribution < -0.4 is 4.90 Å². The molecule has 0 N–H and O–H groups in total. The third-order valence-corrected chi connectivity index (χ3v) is 4.34. The zero-order valence-corrected chi connectivity index (χ0v) is 13.2. The van der Waals surface area contributed by atoms with Crippen LogP contribution in [0.2, 0.25) is 0 Å². The standard InChI is InChI=1S/C19H20FNO2/c1-23-19(22)18(14-7-3-2-4-8-14)16-10-9-15(13-17(16)20)21-11-5-6-12-21/h2-4,7-10,13,18H,5-6,11-12H2,1H3/t18-/m1/s1. The second kappa shape index (κ2) is 6.82. The van der Waals surface area contributed by atoms with E-state index >= 15 is 0 Å². The van der Waals surface area contributed by atoms with Gasteiger partial charge in [0, 0.05) is 24.3 Å². The van der Waals surface area contributed by atoms with Crippen molar-refractivity contribution in [1.29, 1.82) is 0 Å². The fourth-order valence-electron chi connectivity index (χ4n) is 3.13. The first-order valence-electron chi connectivity index (χ1n) is 7.88. The smallest absolute Gasteiger partial charge is 0.317 e. The van der Waals surface area contributed by atoms with Gasteiger partial charge in [-0.1, -0.05) is 36.4 Å². The van der Waals surface area contributed by atoms with Crippen molar-refractivity contribution in [2.45, 2.75) is 18.8 Å². The molecule has 1 fully saturated rings. The number of ether oxygens (including phenoxy) is 1. The maximum atomic E-state index is 14.7. The largest absolute Gasteiger partial charge is 0.468 e. The Balaban J connectivity index is 1.98. The van der Waals surface area contributed by atoms with E-state index in [0.717, 1.165) is 37.2 Å². The highest BCUT2D eigenvalue weighted by Gasteiger charge is 2.27. The molecule has 120 valence electrons. The Morgan fingerprint density at radius 3 is 2.43 bits per heavy atom. The lowest BCUT2D eigenvalue weighted by molar-refractivity contribution is -0.141. The molecule has 4 heteroatoms. The number of rotatable bonds is 4. The van der Waals surface area contributed by atoms with Gasteiger partial charge >= 0.3 is 5.97 Å². The summed E-state index contributed by atoms with van der Waals surface area (Å²) in [5.74, 6) is -1.56. The van der Waals surface area contributed by atoms with Crippen LogP contribution in [0.15, 0.2) is 48.5 Å². The van der Waals surface area contributed by atoms with Crippen molar-refractivity contribution in [2.24, 2.45) is 0 Å². The summed E-state index contributed by atoms with van der Waals surface area (Å²) < 4.78 is 19.6. The number of hydrogen-bond acceptors (Lipinski definition) is 3. The minimum atomic E-state index is -0.742. The zero-order chi connectivity index (χ0) is 16.2. The second-order valence-corrected chi connectivity index (χ2v) is 5.77. The Hall–Kier alpha value is -2.36. The van der Waals surface area contributed by atoms with E-state index in [-0.39, 0.29) is 5.82 Å². The Bertz CT molecular complexity index is 681. The molecule has 2 aromatic rings. The minimum absolute atomic E-state index is 0.353. The van der Waals surface area contributed by atoms with Crippen LogP contribution >= 0.6 is 0 Å². The van der Waals surface area contributed by atoms with Crippen molar-refractivity contribution < 1.29 is 13.9 Å². The summed E-state index contributed by atoms with van der Waals surface area (Å²) in [6.07, 6.45) is 2.27. The number of benzene rings is 2. The first-order valence-corrected chi connectivity index (χ1v) is 7.88. The molecule has 0 aromatic heterocycles. The molecule has 0 unspecified atom stereocenters. The third-order valence-electron chi connectivity index (χ3n) is 4.34. The van der Waals surface area contributed by atoms with E-state index < -0.39 is 11.9 Å². The topological polar surface area (TPSA) is 29.5 Å². The normalized spacial score (nSPS) is 15.5. The zero-order valence-electron chi connectivity index (χ0n) is 13.2. The van der Waals surface area contributed by atoms with E-state index in [0.29, 0.717) is 5.56 Å². The second-order valence-electron chi connectivity index (χ2n) is 5.77. The Morgan fingerprint density at radius 2 is 1.83 bits per heavy atom. The SMILES string of the molecule is COC(=O)[C@H](c1ccccc1)c1ccc(N2CCCC2)cc1F. The molecule has 3 rings (SSSR count). The summed E-state index contributed by atoms with van der Waals surface area (Å²) in [4.78, 5) is 14.4. The summed E-state index contributed by atoms with van der Waals surface area (Å²) in [6, 6.07) is 14.3. The van der Waals surface area contributed by atoms with Crippen LogP contribution in [-0.2, 0) is 9.53 Å². The first-order chi connectivity index (χ1) is 11.2. The average Bonchev–Trinajstić information content (AvgIpc) is 3.12. The van der Waals surface area contributed by atoms with Gasteiger partial charge in [-0.2, -0.15) is 0 Å². The fraction of sp³-hybridized carbons (Fsp3) is 0.316. The van der Waals surface area contributed by atoms with Crippen LogP contribution in [0.3, 0.4) is 0 Å². The van der Waals surface area contributed by atoms with Crippen molar-refractivity contribution in [3.63, 3.8) is 0 Å². The quantitative estimate of drug-likeness (QED) is 0.806. The molecule has 23 heavy (non-hydrogen) atoms. The van der Waals surface area contributed by atoms with E-state index in [1.807, 2.05) is 36.4 Å². The lowest BCUT2D eigenvalue weighted by atomic mass is 9.90. The van der Waals surface area contributed by atoms with Gasteiger partial charge in [0.2, 0.25) is 0 Å². The molecule has 1 aliphatic rings. The molecule has 1 atom stereocenters. The lowest BCUT2D eigenvalue weighted by Crippen LogP contribution is -2.20. The Labute approximate surface area is 135 Å². The number of methoxy groups -OCH3 is 1. The summed E-state index contributed by atoms with van der Waals surface area (Å²) in [5, 5.41) is 0. The van der Waals surface area contributed by atoms with Crippen LogP contribution in [-0.4, -0.2) is 26.2 Å². The van der Waals surface area contributed by atoms with Crippen LogP contribution in [0, 0.1) is 5.82 Å². The average molecular weight is 313 g/mol. The summed E-state index contributed by atoms with van der Waals surface area (Å²) >= 11 is 0. The van der Waals surface area contributed by atoms with Gasteiger partial charge in [-0.3, -0.25) is 4.79 Å². The maximum Gasteiger partial charge on any atom is 0.317 e. The Morgan fingerprint density at radius 1 is 1.13 bits per heavy atom. The molecular weight excluding hydrogens is 293 g/mol. The number of carbonyl (C=O) groups excluding carboxylic acids is 1. The number of nitrogens with zero attached hydrogens (tertiary/aromatic N) is 1. The molecule has 0 amide bonds. The van der Waals surface area contributed by atoms with E-state index in [1.54, 1.807) is 6.07 Å². The van der Waals surface area contributed by atoms with Gasteiger partial charge in [-0.05, 0) is 30.5 Å². The molecule has 1 aliphatic heterocycles. The summed E-state index contributed by atoms with van der Waals surface area (Å²) in [7, 11) is 1.33. The number of carbonyl (C=O) groups is 1. The first kappa shape index (κ1) is 15.5. The molecule has 0 spiro atoms. The van der Waals surface area contributed by atoms with E-state index in [9.17, 15) is 9.18 Å². The Kier molecular flexibility index (Phi) is 4.60. The number of hydrogen-bond donors (Lipinski definition) is 0. The molecule has 0 bridgehead atoms. The lowest BCUT2D eigenvalue weighted by Gasteiger charge is -2.21. The maximum absolute atomic E-state index is 14.7. The number of anilines is 1. The molecule has 1 saturated heterocycles. The van der Waals surface area contributed by atoms with Gasteiger partial charge in [0.05, 0.1) is 7.11 Å². The molecule has 0 saturated carbocycles. The molecule has 0 aliphatic carbocycles. The van der Waals surface area contributed by atoms with Gasteiger partial charge in [-0.25, -0.2) is 4.39 Å². The van der Waals surface area contributed by atoms with Crippen molar-refractivity contribution in [2.75, 3.05) is 25.1 Å². The highest BCUT2D eigenvalue weighted by Crippen LogP contribution is 2.31.